The van der Waals surface area contributed by atoms with Crippen molar-refractivity contribution in [3.63, 3.8) is 0 Å². The molecule has 1 N–H and O–H groups in total. The third-order valence-electron chi connectivity index (χ3n) is 6.62. The first-order valence-corrected chi connectivity index (χ1v) is 13.1. The zero-order valence-corrected chi connectivity index (χ0v) is 22.2. The molecule has 190 valence electrons. The van der Waals surface area contributed by atoms with Gasteiger partial charge in [-0.05, 0) is 67.0 Å². The second-order valence-electron chi connectivity index (χ2n) is 9.98. The van der Waals surface area contributed by atoms with Gasteiger partial charge in [0, 0.05) is 34.3 Å². The molecule has 36 heavy (non-hydrogen) atoms. The molecule has 0 radical (unpaired) electrons. The number of halogens is 1. The molecule has 0 fully saturated rings. The van der Waals surface area contributed by atoms with E-state index in [1.54, 1.807) is 0 Å². The fraction of sp³-hybridized carbons (Fsp3) is 0.400. The molecule has 0 aromatic heterocycles. The highest BCUT2D eigenvalue weighted by atomic mass is 35.5. The van der Waals surface area contributed by atoms with Gasteiger partial charge in [-0.1, -0.05) is 56.6 Å². The Hall–Kier alpha value is -3.05. The summed E-state index contributed by atoms with van der Waals surface area (Å²) in [7, 11) is 0. The van der Waals surface area contributed by atoms with Gasteiger partial charge in [-0.25, -0.2) is 4.79 Å². The molecule has 0 unspecified atom stereocenters. The van der Waals surface area contributed by atoms with Gasteiger partial charge in [0.1, 0.15) is 5.75 Å². The number of carbonyl (C=O) groups excluding carboxylic acids is 2. The number of nitrogens with one attached hydrogen (secondary N) is 1. The zero-order valence-electron chi connectivity index (χ0n) is 21.4. The fourth-order valence-electron chi connectivity index (χ4n) is 4.91. The lowest BCUT2D eigenvalue weighted by molar-refractivity contribution is -0.140. The Bertz CT molecular complexity index is 1180. The van der Waals surface area contributed by atoms with Crippen molar-refractivity contribution in [2.45, 2.75) is 58.8 Å². The van der Waals surface area contributed by atoms with Gasteiger partial charge in [-0.15, -0.1) is 0 Å². The van der Waals surface area contributed by atoms with Crippen LogP contribution in [0.3, 0.4) is 0 Å². The molecule has 2 aromatic rings. The largest absolute Gasteiger partial charge is 0.494 e. The molecule has 1 aliphatic heterocycles. The van der Waals surface area contributed by atoms with E-state index in [1.165, 1.54) is 0 Å². The molecule has 4 rings (SSSR count). The highest BCUT2D eigenvalue weighted by Crippen LogP contribution is 2.46. The van der Waals surface area contributed by atoms with Crippen LogP contribution in [0.1, 0.15) is 69.9 Å². The second kappa shape index (κ2) is 11.3. The first-order valence-electron chi connectivity index (χ1n) is 12.7. The van der Waals surface area contributed by atoms with Crippen LogP contribution in [0.4, 0.5) is 0 Å². The van der Waals surface area contributed by atoms with Crippen molar-refractivity contribution in [1.82, 2.24) is 5.32 Å². The average Bonchev–Trinajstić information content (AvgIpc) is 2.85. The summed E-state index contributed by atoms with van der Waals surface area (Å²) in [6.45, 7) is 8.91. The minimum Gasteiger partial charge on any atom is -0.494 e. The zero-order chi connectivity index (χ0) is 25.8. The molecule has 2 aliphatic rings. The van der Waals surface area contributed by atoms with Gasteiger partial charge < -0.3 is 14.8 Å². The van der Waals surface area contributed by atoms with Gasteiger partial charge in [-0.3, -0.25) is 4.79 Å². The molecular formula is C30H34ClNO4. The maximum absolute atomic E-state index is 13.7. The quantitative estimate of drug-likeness (QED) is 0.403. The van der Waals surface area contributed by atoms with Crippen molar-refractivity contribution in [3.05, 3.63) is 87.2 Å². The Kier molecular flexibility index (Phi) is 8.20. The lowest BCUT2D eigenvalue weighted by Gasteiger charge is -2.36. The molecule has 2 aromatic carbocycles. The van der Waals surface area contributed by atoms with Crippen LogP contribution in [0.15, 0.2) is 71.1 Å². The highest BCUT2D eigenvalue weighted by Gasteiger charge is 2.41. The SMILES string of the molecule is CCCOc1ccc([C@@H]2C(C(=O)OCC(C)C)=C(C)NC3=C2C(=O)C[C@H](c2ccc(Cl)cc2)C3)cc1. The van der Waals surface area contributed by atoms with Crippen molar-refractivity contribution in [3.8, 4) is 5.75 Å². The maximum Gasteiger partial charge on any atom is 0.336 e. The van der Waals surface area contributed by atoms with Gasteiger partial charge in [0.15, 0.2) is 5.78 Å². The summed E-state index contributed by atoms with van der Waals surface area (Å²) < 4.78 is 11.4. The summed E-state index contributed by atoms with van der Waals surface area (Å²) >= 11 is 6.08. The summed E-state index contributed by atoms with van der Waals surface area (Å²) in [4.78, 5) is 27.0. The minimum atomic E-state index is -0.486. The topological polar surface area (TPSA) is 64.6 Å². The van der Waals surface area contributed by atoms with Crippen LogP contribution in [-0.4, -0.2) is 25.0 Å². The van der Waals surface area contributed by atoms with E-state index < -0.39 is 5.92 Å². The number of dihydropyridines is 1. The molecule has 5 nitrogen and oxygen atoms in total. The Morgan fingerprint density at radius 3 is 2.36 bits per heavy atom. The highest BCUT2D eigenvalue weighted by molar-refractivity contribution is 6.30. The van der Waals surface area contributed by atoms with E-state index in [4.69, 9.17) is 21.1 Å². The second-order valence-corrected chi connectivity index (χ2v) is 10.4. The molecule has 0 spiro atoms. The number of benzene rings is 2. The van der Waals surface area contributed by atoms with Gasteiger partial charge in [0.25, 0.3) is 0 Å². The summed E-state index contributed by atoms with van der Waals surface area (Å²) in [5.74, 6) is 0.205. The Labute approximate surface area is 218 Å². The first-order chi connectivity index (χ1) is 17.3. The Morgan fingerprint density at radius 2 is 1.72 bits per heavy atom. The lowest BCUT2D eigenvalue weighted by Crippen LogP contribution is -2.36. The van der Waals surface area contributed by atoms with Crippen molar-refractivity contribution in [2.24, 2.45) is 5.92 Å². The Balaban J connectivity index is 1.72. The number of esters is 1. The van der Waals surface area contributed by atoms with Crippen LogP contribution in [0.2, 0.25) is 5.02 Å². The van der Waals surface area contributed by atoms with Crippen LogP contribution in [0, 0.1) is 5.92 Å². The molecule has 2 atom stereocenters. The number of ether oxygens (including phenoxy) is 2. The van der Waals surface area contributed by atoms with E-state index in [1.807, 2.05) is 69.3 Å². The molecule has 1 heterocycles. The van der Waals surface area contributed by atoms with Crippen LogP contribution in [0.5, 0.6) is 5.75 Å². The standard InChI is InChI=1S/C30H34ClNO4/c1-5-14-35-24-12-8-21(9-13-24)28-27(30(34)36-17-18(2)3)19(4)32-25-15-22(16-26(33)29(25)28)20-6-10-23(31)11-7-20/h6-13,18,22,28,32H,5,14-17H2,1-4H3/t22-,28-/m1/s1. The Morgan fingerprint density at radius 1 is 1.06 bits per heavy atom. The van der Waals surface area contributed by atoms with Gasteiger partial charge in [-0.2, -0.15) is 0 Å². The van der Waals surface area contributed by atoms with E-state index in [2.05, 4.69) is 12.2 Å². The number of rotatable bonds is 8. The van der Waals surface area contributed by atoms with E-state index >= 15 is 0 Å². The molecule has 0 bridgehead atoms. The van der Waals surface area contributed by atoms with Crippen molar-refractivity contribution in [2.75, 3.05) is 13.2 Å². The number of hydrogen-bond donors (Lipinski definition) is 1. The molecule has 0 saturated heterocycles. The van der Waals surface area contributed by atoms with Crippen LogP contribution in [-0.2, 0) is 14.3 Å². The summed E-state index contributed by atoms with van der Waals surface area (Å²) in [6.07, 6.45) is 1.98. The van der Waals surface area contributed by atoms with Gasteiger partial charge in [0.2, 0.25) is 0 Å². The van der Waals surface area contributed by atoms with Crippen LogP contribution >= 0.6 is 11.6 Å². The van der Waals surface area contributed by atoms with Crippen molar-refractivity contribution in [1.29, 1.82) is 0 Å². The number of ketones is 1. The van der Waals surface area contributed by atoms with E-state index in [0.29, 0.717) is 42.2 Å². The number of allylic oxidation sites excluding steroid dienone is 3. The lowest BCUT2D eigenvalue weighted by atomic mass is 9.71. The number of hydrogen-bond acceptors (Lipinski definition) is 5. The predicted octanol–water partition coefficient (Wildman–Crippen LogP) is 6.69. The van der Waals surface area contributed by atoms with E-state index in [-0.39, 0.29) is 23.6 Å². The van der Waals surface area contributed by atoms with Gasteiger partial charge >= 0.3 is 5.97 Å². The number of carbonyl (C=O) groups is 2. The molecular weight excluding hydrogens is 474 g/mol. The normalized spacial score (nSPS) is 19.8. The summed E-state index contributed by atoms with van der Waals surface area (Å²) in [5, 5.41) is 4.08. The fourth-order valence-corrected chi connectivity index (χ4v) is 5.04. The van der Waals surface area contributed by atoms with Crippen molar-refractivity contribution < 1.29 is 19.1 Å². The summed E-state index contributed by atoms with van der Waals surface area (Å²) in [5.41, 5.74) is 4.71. The molecule has 0 saturated carbocycles. The van der Waals surface area contributed by atoms with Crippen molar-refractivity contribution >= 4 is 23.4 Å². The van der Waals surface area contributed by atoms with Crippen LogP contribution < -0.4 is 10.1 Å². The first kappa shape index (κ1) is 26.0. The van der Waals surface area contributed by atoms with E-state index in [9.17, 15) is 9.59 Å². The minimum absolute atomic E-state index is 0.0432. The molecule has 0 amide bonds. The predicted molar refractivity (Wildman–Crippen MR) is 142 cm³/mol. The smallest absolute Gasteiger partial charge is 0.336 e. The molecule has 6 heteroatoms. The third-order valence-corrected chi connectivity index (χ3v) is 6.87. The van der Waals surface area contributed by atoms with Crippen LogP contribution in [0.25, 0.3) is 0 Å². The van der Waals surface area contributed by atoms with E-state index in [0.717, 1.165) is 34.7 Å². The third kappa shape index (κ3) is 5.67. The average molecular weight is 508 g/mol. The molecule has 1 aliphatic carbocycles. The van der Waals surface area contributed by atoms with Gasteiger partial charge in [0.05, 0.1) is 18.8 Å². The monoisotopic (exact) mass is 507 g/mol. The maximum atomic E-state index is 13.7. The summed E-state index contributed by atoms with van der Waals surface area (Å²) in [6, 6.07) is 15.4. The number of Topliss-reactive ketones (excluding diaryl/α,β-unsaturated/α-hetero) is 1.